The molecule has 1 atom stereocenters. The van der Waals surface area contributed by atoms with Gasteiger partial charge in [0.05, 0.1) is 12.8 Å². The lowest BCUT2D eigenvalue weighted by molar-refractivity contribution is -0.129. The van der Waals surface area contributed by atoms with Gasteiger partial charge in [0.25, 0.3) is 0 Å². The number of pyridine rings is 1. The molecule has 0 radical (unpaired) electrons. The SMILES string of the molecule is COc1cccn2cc(CCNC(=O)C3CCCO3)nc12. The monoisotopic (exact) mass is 289 g/mol. The molecule has 3 heterocycles. The van der Waals surface area contributed by atoms with Crippen molar-refractivity contribution in [1.82, 2.24) is 14.7 Å². The first-order valence-corrected chi connectivity index (χ1v) is 7.18. The van der Waals surface area contributed by atoms with Gasteiger partial charge >= 0.3 is 0 Å². The Balaban J connectivity index is 1.59. The first-order chi connectivity index (χ1) is 10.3. The van der Waals surface area contributed by atoms with Crippen molar-refractivity contribution in [3.05, 3.63) is 30.2 Å². The van der Waals surface area contributed by atoms with Crippen LogP contribution in [0.3, 0.4) is 0 Å². The molecule has 1 unspecified atom stereocenters. The van der Waals surface area contributed by atoms with Crippen molar-refractivity contribution in [3.8, 4) is 5.75 Å². The van der Waals surface area contributed by atoms with Crippen LogP contribution in [0, 0.1) is 0 Å². The predicted molar refractivity (Wildman–Crippen MR) is 77.4 cm³/mol. The van der Waals surface area contributed by atoms with Gasteiger partial charge in [-0.2, -0.15) is 0 Å². The van der Waals surface area contributed by atoms with Crippen molar-refractivity contribution in [2.24, 2.45) is 0 Å². The highest BCUT2D eigenvalue weighted by atomic mass is 16.5. The lowest BCUT2D eigenvalue weighted by Crippen LogP contribution is -2.35. The molecular formula is C15H19N3O3. The quantitative estimate of drug-likeness (QED) is 0.897. The highest BCUT2D eigenvalue weighted by Gasteiger charge is 2.22. The summed E-state index contributed by atoms with van der Waals surface area (Å²) in [5, 5.41) is 2.90. The molecule has 0 spiro atoms. The molecule has 0 bridgehead atoms. The third kappa shape index (κ3) is 3.00. The molecule has 1 N–H and O–H groups in total. The first-order valence-electron chi connectivity index (χ1n) is 7.18. The second kappa shape index (κ2) is 6.13. The van der Waals surface area contributed by atoms with Crippen LogP contribution in [0.2, 0.25) is 0 Å². The van der Waals surface area contributed by atoms with E-state index in [1.54, 1.807) is 7.11 Å². The van der Waals surface area contributed by atoms with Crippen LogP contribution in [0.4, 0.5) is 0 Å². The summed E-state index contributed by atoms with van der Waals surface area (Å²) in [6.07, 6.45) is 6.08. The van der Waals surface area contributed by atoms with Gasteiger partial charge in [-0.25, -0.2) is 4.98 Å². The van der Waals surface area contributed by atoms with Crippen molar-refractivity contribution in [3.63, 3.8) is 0 Å². The number of methoxy groups -OCH3 is 1. The van der Waals surface area contributed by atoms with Crippen molar-refractivity contribution in [1.29, 1.82) is 0 Å². The first kappa shape index (κ1) is 13.9. The number of nitrogens with one attached hydrogen (secondary N) is 1. The van der Waals surface area contributed by atoms with Crippen LogP contribution in [0.5, 0.6) is 5.75 Å². The molecule has 0 saturated carbocycles. The van der Waals surface area contributed by atoms with E-state index in [2.05, 4.69) is 10.3 Å². The average molecular weight is 289 g/mol. The molecular weight excluding hydrogens is 270 g/mol. The van der Waals surface area contributed by atoms with Gasteiger partial charge in [-0.05, 0) is 25.0 Å². The van der Waals surface area contributed by atoms with E-state index in [0.29, 0.717) is 19.6 Å². The van der Waals surface area contributed by atoms with Gasteiger partial charge in [-0.15, -0.1) is 0 Å². The Bertz CT molecular complexity index is 632. The molecule has 1 saturated heterocycles. The highest BCUT2D eigenvalue weighted by Crippen LogP contribution is 2.18. The van der Waals surface area contributed by atoms with E-state index in [4.69, 9.17) is 9.47 Å². The molecule has 2 aromatic rings. The second-order valence-corrected chi connectivity index (χ2v) is 5.08. The Morgan fingerprint density at radius 2 is 2.52 bits per heavy atom. The third-order valence-corrected chi connectivity index (χ3v) is 3.62. The van der Waals surface area contributed by atoms with Crippen LogP contribution in [0.25, 0.3) is 5.65 Å². The zero-order valence-electron chi connectivity index (χ0n) is 12.0. The maximum atomic E-state index is 11.8. The lowest BCUT2D eigenvalue weighted by atomic mass is 10.2. The molecule has 1 amide bonds. The average Bonchev–Trinajstić information content (AvgIpc) is 3.15. The van der Waals surface area contributed by atoms with Crippen LogP contribution >= 0.6 is 0 Å². The Morgan fingerprint density at radius 1 is 1.62 bits per heavy atom. The molecule has 2 aromatic heterocycles. The number of nitrogens with zero attached hydrogens (tertiary/aromatic N) is 2. The van der Waals surface area contributed by atoms with Crippen LogP contribution in [-0.2, 0) is 16.0 Å². The molecule has 112 valence electrons. The number of carbonyl (C=O) groups excluding carboxylic acids is 1. The Kier molecular flexibility index (Phi) is 4.06. The minimum Gasteiger partial charge on any atom is -0.493 e. The summed E-state index contributed by atoms with van der Waals surface area (Å²) in [7, 11) is 1.63. The fraction of sp³-hybridized carbons (Fsp3) is 0.467. The molecule has 0 aromatic carbocycles. The van der Waals surface area contributed by atoms with E-state index in [0.717, 1.165) is 29.9 Å². The smallest absolute Gasteiger partial charge is 0.249 e. The lowest BCUT2D eigenvalue weighted by Gasteiger charge is -2.09. The third-order valence-electron chi connectivity index (χ3n) is 3.62. The molecule has 0 aliphatic carbocycles. The van der Waals surface area contributed by atoms with Crippen LogP contribution in [0.1, 0.15) is 18.5 Å². The molecule has 3 rings (SSSR count). The van der Waals surface area contributed by atoms with Gasteiger partial charge in [0.1, 0.15) is 6.10 Å². The number of hydrogen-bond acceptors (Lipinski definition) is 4. The number of rotatable bonds is 5. The summed E-state index contributed by atoms with van der Waals surface area (Å²) < 4.78 is 12.6. The molecule has 21 heavy (non-hydrogen) atoms. The van der Waals surface area contributed by atoms with Crippen molar-refractivity contribution in [2.45, 2.75) is 25.4 Å². The predicted octanol–water partition coefficient (Wildman–Crippen LogP) is 1.18. The standard InChI is InChI=1S/C15H19N3O3/c1-20-12-4-2-8-18-10-11(17-14(12)18)6-7-16-15(19)13-5-3-9-21-13/h2,4,8,10,13H,3,5-7,9H2,1H3,(H,16,19). The topological polar surface area (TPSA) is 64.9 Å². The Labute approximate surface area is 123 Å². The number of imidazole rings is 1. The van der Waals surface area contributed by atoms with Gasteiger partial charge in [-0.3, -0.25) is 4.79 Å². The summed E-state index contributed by atoms with van der Waals surface area (Å²) in [5.41, 5.74) is 1.72. The van der Waals surface area contributed by atoms with Crippen molar-refractivity contribution >= 4 is 11.6 Å². The molecule has 1 aliphatic rings. The van der Waals surface area contributed by atoms with E-state index in [9.17, 15) is 4.79 Å². The normalized spacial score (nSPS) is 18.0. The number of fused-ring (bicyclic) bond motifs is 1. The summed E-state index contributed by atoms with van der Waals surface area (Å²) in [6, 6.07) is 3.79. The number of hydrogen-bond donors (Lipinski definition) is 1. The zero-order chi connectivity index (χ0) is 14.7. The highest BCUT2D eigenvalue weighted by molar-refractivity contribution is 5.80. The van der Waals surface area contributed by atoms with E-state index in [1.807, 2.05) is 28.9 Å². The maximum Gasteiger partial charge on any atom is 0.249 e. The Morgan fingerprint density at radius 3 is 3.29 bits per heavy atom. The molecule has 1 aliphatic heterocycles. The number of amides is 1. The van der Waals surface area contributed by atoms with Gasteiger partial charge in [-0.1, -0.05) is 0 Å². The summed E-state index contributed by atoms with van der Waals surface area (Å²) in [6.45, 7) is 1.25. The summed E-state index contributed by atoms with van der Waals surface area (Å²) >= 11 is 0. The molecule has 1 fully saturated rings. The van der Waals surface area contributed by atoms with E-state index in [1.165, 1.54) is 0 Å². The minimum absolute atomic E-state index is 0.0196. The number of aromatic nitrogens is 2. The summed E-state index contributed by atoms with van der Waals surface area (Å²) in [5.74, 6) is 0.723. The second-order valence-electron chi connectivity index (χ2n) is 5.08. The van der Waals surface area contributed by atoms with Crippen LogP contribution in [0.15, 0.2) is 24.5 Å². The largest absolute Gasteiger partial charge is 0.493 e. The van der Waals surface area contributed by atoms with Crippen molar-refractivity contribution in [2.75, 3.05) is 20.3 Å². The van der Waals surface area contributed by atoms with E-state index >= 15 is 0 Å². The van der Waals surface area contributed by atoms with Crippen molar-refractivity contribution < 1.29 is 14.3 Å². The number of carbonyl (C=O) groups is 1. The van der Waals surface area contributed by atoms with Gasteiger partial charge in [0.15, 0.2) is 11.4 Å². The zero-order valence-corrected chi connectivity index (χ0v) is 12.0. The van der Waals surface area contributed by atoms with Gasteiger partial charge in [0.2, 0.25) is 5.91 Å². The van der Waals surface area contributed by atoms with E-state index < -0.39 is 0 Å². The fourth-order valence-corrected chi connectivity index (χ4v) is 2.53. The van der Waals surface area contributed by atoms with Crippen LogP contribution in [-0.4, -0.2) is 41.7 Å². The fourth-order valence-electron chi connectivity index (χ4n) is 2.53. The molecule has 6 nitrogen and oxygen atoms in total. The number of ether oxygens (including phenoxy) is 2. The van der Waals surface area contributed by atoms with E-state index in [-0.39, 0.29) is 12.0 Å². The van der Waals surface area contributed by atoms with Gasteiger partial charge < -0.3 is 19.2 Å². The van der Waals surface area contributed by atoms with Crippen LogP contribution < -0.4 is 10.1 Å². The Hall–Kier alpha value is -2.08. The maximum absolute atomic E-state index is 11.8. The molecule has 6 heteroatoms. The van der Waals surface area contributed by atoms with Gasteiger partial charge in [0, 0.05) is 32.0 Å². The summed E-state index contributed by atoms with van der Waals surface area (Å²) in [4.78, 5) is 16.4. The minimum atomic E-state index is -0.272.